The van der Waals surface area contributed by atoms with Gasteiger partial charge in [0.25, 0.3) is 11.8 Å². The summed E-state index contributed by atoms with van der Waals surface area (Å²) in [4.78, 5) is 32.3. The second-order valence-corrected chi connectivity index (χ2v) is 11.2. The number of likely N-dealkylation sites (tertiary alicyclic amines) is 1. The predicted octanol–water partition coefficient (Wildman–Crippen LogP) is 5.91. The van der Waals surface area contributed by atoms with Crippen LogP contribution in [0.4, 0.5) is 0 Å². The fourth-order valence-electron chi connectivity index (χ4n) is 4.58. The van der Waals surface area contributed by atoms with E-state index in [9.17, 15) is 9.59 Å². The van der Waals surface area contributed by atoms with Crippen molar-refractivity contribution in [1.29, 1.82) is 0 Å². The standard InChI is InChI=1S/C28H32ClN3O3S/c1-18-13-19(2)15-20(14-18)16-30-25(33)23-17-36-26(31-23)21-9-11-32(12-10-21)27(34)28(3,4)35-24-8-6-5-7-22(24)29/h5-8,13-15,17,21H,9-12,16H2,1-4H3,(H,30,33). The normalized spacial score (nSPS) is 14.5. The van der Waals surface area contributed by atoms with Gasteiger partial charge in [0.2, 0.25) is 0 Å². The third-order valence-corrected chi connectivity index (χ3v) is 7.66. The summed E-state index contributed by atoms with van der Waals surface area (Å²) in [5.41, 5.74) is 2.86. The average Bonchev–Trinajstić information content (AvgIpc) is 3.33. The summed E-state index contributed by atoms with van der Waals surface area (Å²) in [6, 6.07) is 13.4. The molecule has 2 aromatic carbocycles. The van der Waals surface area contributed by atoms with Gasteiger partial charge in [0.05, 0.1) is 10.0 Å². The van der Waals surface area contributed by atoms with Gasteiger partial charge in [-0.3, -0.25) is 9.59 Å². The van der Waals surface area contributed by atoms with Crippen molar-refractivity contribution in [1.82, 2.24) is 15.2 Å². The molecule has 6 nitrogen and oxygen atoms in total. The van der Waals surface area contributed by atoms with E-state index in [1.807, 2.05) is 22.4 Å². The third-order valence-electron chi connectivity index (χ3n) is 6.34. The highest BCUT2D eigenvalue weighted by molar-refractivity contribution is 7.09. The van der Waals surface area contributed by atoms with Crippen LogP contribution in [0.2, 0.25) is 5.02 Å². The van der Waals surface area contributed by atoms with Crippen molar-refractivity contribution in [3.05, 3.63) is 80.3 Å². The smallest absolute Gasteiger partial charge is 0.271 e. The van der Waals surface area contributed by atoms with Crippen LogP contribution in [0.5, 0.6) is 5.75 Å². The van der Waals surface area contributed by atoms with Gasteiger partial charge in [0.15, 0.2) is 5.60 Å². The molecule has 0 aliphatic carbocycles. The molecule has 3 aromatic rings. The minimum Gasteiger partial charge on any atom is -0.476 e. The number of thiazole rings is 1. The maximum Gasteiger partial charge on any atom is 0.271 e. The van der Waals surface area contributed by atoms with E-state index >= 15 is 0 Å². The van der Waals surface area contributed by atoms with Gasteiger partial charge in [-0.05, 0) is 58.2 Å². The maximum absolute atomic E-state index is 13.2. The molecule has 2 amide bonds. The quantitative estimate of drug-likeness (QED) is 0.416. The Morgan fingerprint density at radius 3 is 2.47 bits per heavy atom. The number of piperidine rings is 1. The number of nitrogens with zero attached hydrogens (tertiary/aromatic N) is 2. The van der Waals surface area contributed by atoms with Gasteiger partial charge < -0.3 is 15.0 Å². The molecular formula is C28H32ClN3O3S. The summed E-state index contributed by atoms with van der Waals surface area (Å²) >= 11 is 7.73. The number of amides is 2. The maximum atomic E-state index is 13.2. The molecule has 1 fully saturated rings. The van der Waals surface area contributed by atoms with E-state index in [0.29, 0.717) is 36.1 Å². The van der Waals surface area contributed by atoms with Gasteiger partial charge in [0.1, 0.15) is 11.4 Å². The van der Waals surface area contributed by atoms with Crippen LogP contribution in [0.15, 0.2) is 47.8 Å². The molecule has 1 aliphatic heterocycles. The summed E-state index contributed by atoms with van der Waals surface area (Å²) in [5.74, 6) is 0.500. The molecule has 0 bridgehead atoms. The minimum atomic E-state index is -1.03. The molecule has 8 heteroatoms. The number of rotatable bonds is 7. The fraction of sp³-hybridized carbons (Fsp3) is 0.393. The van der Waals surface area contributed by atoms with Gasteiger partial charge in [0, 0.05) is 30.9 Å². The first kappa shape index (κ1) is 26.2. The summed E-state index contributed by atoms with van der Waals surface area (Å²) < 4.78 is 5.98. The number of carbonyl (C=O) groups excluding carboxylic acids is 2. The van der Waals surface area contributed by atoms with E-state index in [-0.39, 0.29) is 17.7 Å². The summed E-state index contributed by atoms with van der Waals surface area (Å²) in [6.07, 6.45) is 1.59. The molecule has 2 heterocycles. The van der Waals surface area contributed by atoms with Crippen LogP contribution in [0, 0.1) is 13.8 Å². The van der Waals surface area contributed by atoms with E-state index in [1.54, 1.807) is 26.0 Å². The molecule has 1 aromatic heterocycles. The Labute approximate surface area is 221 Å². The molecule has 0 radical (unpaired) electrons. The number of halogens is 1. The Hall–Kier alpha value is -2.90. The number of aryl methyl sites for hydroxylation is 2. The molecule has 0 spiro atoms. The Morgan fingerprint density at radius 1 is 1.14 bits per heavy atom. The van der Waals surface area contributed by atoms with Crippen LogP contribution in [0.1, 0.15) is 64.8 Å². The topological polar surface area (TPSA) is 71.5 Å². The van der Waals surface area contributed by atoms with Crippen LogP contribution in [0.25, 0.3) is 0 Å². The van der Waals surface area contributed by atoms with Crippen molar-refractivity contribution >= 4 is 34.8 Å². The first-order valence-electron chi connectivity index (χ1n) is 12.2. The number of carbonyl (C=O) groups is 2. The highest BCUT2D eigenvalue weighted by atomic mass is 35.5. The number of hydrogen-bond acceptors (Lipinski definition) is 5. The fourth-order valence-corrected chi connectivity index (χ4v) is 5.73. The Morgan fingerprint density at radius 2 is 1.81 bits per heavy atom. The second-order valence-electron chi connectivity index (χ2n) is 9.86. The summed E-state index contributed by atoms with van der Waals surface area (Å²) in [6.45, 7) is 9.36. The van der Waals surface area contributed by atoms with E-state index in [0.717, 1.165) is 23.4 Å². The van der Waals surface area contributed by atoms with Gasteiger partial charge in [-0.25, -0.2) is 4.98 Å². The molecule has 4 rings (SSSR count). The van der Waals surface area contributed by atoms with Gasteiger partial charge in [-0.2, -0.15) is 0 Å². The molecule has 0 unspecified atom stereocenters. The number of benzene rings is 2. The summed E-state index contributed by atoms with van der Waals surface area (Å²) in [7, 11) is 0. The van der Waals surface area contributed by atoms with E-state index in [2.05, 4.69) is 42.3 Å². The Kier molecular flexibility index (Phi) is 8.00. The second kappa shape index (κ2) is 11.0. The van der Waals surface area contributed by atoms with Crippen molar-refractivity contribution in [3.63, 3.8) is 0 Å². The molecule has 1 N–H and O–H groups in total. The number of para-hydroxylation sites is 1. The first-order chi connectivity index (χ1) is 17.1. The number of nitrogens with one attached hydrogen (secondary N) is 1. The first-order valence-corrected chi connectivity index (χ1v) is 13.4. The molecule has 36 heavy (non-hydrogen) atoms. The molecule has 0 atom stereocenters. The lowest BCUT2D eigenvalue weighted by Gasteiger charge is -2.36. The van der Waals surface area contributed by atoms with Gasteiger partial charge in [-0.15, -0.1) is 11.3 Å². The predicted molar refractivity (Wildman–Crippen MR) is 144 cm³/mol. The van der Waals surface area contributed by atoms with E-state index in [4.69, 9.17) is 16.3 Å². The lowest BCUT2D eigenvalue weighted by atomic mass is 9.96. The summed E-state index contributed by atoms with van der Waals surface area (Å²) in [5, 5.41) is 6.23. The van der Waals surface area contributed by atoms with Crippen molar-refractivity contribution in [2.24, 2.45) is 0 Å². The average molecular weight is 526 g/mol. The Balaban J connectivity index is 1.31. The van der Waals surface area contributed by atoms with Crippen molar-refractivity contribution in [2.45, 2.75) is 58.6 Å². The lowest BCUT2D eigenvalue weighted by Crippen LogP contribution is -2.51. The van der Waals surface area contributed by atoms with Crippen molar-refractivity contribution in [2.75, 3.05) is 13.1 Å². The number of hydrogen-bond donors (Lipinski definition) is 1. The SMILES string of the molecule is Cc1cc(C)cc(CNC(=O)c2csc(C3CCN(C(=O)C(C)(C)Oc4ccccc4Cl)CC3)n2)c1. The van der Waals surface area contributed by atoms with Gasteiger partial charge >= 0.3 is 0 Å². The van der Waals surface area contributed by atoms with Gasteiger partial charge in [-0.1, -0.05) is 53.1 Å². The zero-order chi connectivity index (χ0) is 25.9. The molecule has 0 saturated carbocycles. The largest absolute Gasteiger partial charge is 0.476 e. The molecule has 1 aliphatic rings. The third kappa shape index (κ3) is 6.26. The van der Waals surface area contributed by atoms with Crippen LogP contribution in [0.3, 0.4) is 0 Å². The number of aromatic nitrogens is 1. The minimum absolute atomic E-state index is 0.0635. The molecule has 1 saturated heterocycles. The molecular weight excluding hydrogens is 494 g/mol. The van der Waals surface area contributed by atoms with Crippen LogP contribution in [-0.4, -0.2) is 40.4 Å². The van der Waals surface area contributed by atoms with E-state index < -0.39 is 5.60 Å². The van der Waals surface area contributed by atoms with Crippen molar-refractivity contribution < 1.29 is 14.3 Å². The zero-order valence-corrected chi connectivity index (χ0v) is 22.7. The van der Waals surface area contributed by atoms with Crippen LogP contribution >= 0.6 is 22.9 Å². The lowest BCUT2D eigenvalue weighted by molar-refractivity contribution is -0.146. The van der Waals surface area contributed by atoms with Crippen molar-refractivity contribution in [3.8, 4) is 5.75 Å². The zero-order valence-electron chi connectivity index (χ0n) is 21.1. The number of ether oxygens (including phenoxy) is 1. The molecule has 190 valence electrons. The highest BCUT2D eigenvalue weighted by Crippen LogP contribution is 2.33. The van der Waals surface area contributed by atoms with E-state index in [1.165, 1.54) is 22.5 Å². The Bertz CT molecular complexity index is 1230. The van der Waals surface area contributed by atoms with Crippen LogP contribution in [-0.2, 0) is 11.3 Å². The highest BCUT2D eigenvalue weighted by Gasteiger charge is 2.37. The van der Waals surface area contributed by atoms with Crippen LogP contribution < -0.4 is 10.1 Å². The monoisotopic (exact) mass is 525 g/mol.